The van der Waals surface area contributed by atoms with Gasteiger partial charge in [0.2, 0.25) is 0 Å². The molecule has 6 nitrogen and oxygen atoms in total. The summed E-state index contributed by atoms with van der Waals surface area (Å²) in [6.45, 7) is 7.01. The number of rotatable bonds is 5. The van der Waals surface area contributed by atoms with E-state index >= 15 is 0 Å². The summed E-state index contributed by atoms with van der Waals surface area (Å²) in [4.78, 5) is 9.39. The minimum Gasteiger partial charge on any atom is -0.304 e. The van der Waals surface area contributed by atoms with Crippen LogP contribution in [0.15, 0.2) is 59.5 Å². The molecule has 1 N–H and O–H groups in total. The van der Waals surface area contributed by atoms with Crippen LogP contribution >= 0.6 is 0 Å². The lowest BCUT2D eigenvalue weighted by Gasteiger charge is -2.32. The molecule has 0 saturated carbocycles. The van der Waals surface area contributed by atoms with E-state index < -0.39 is 10.0 Å². The van der Waals surface area contributed by atoms with Crippen molar-refractivity contribution in [2.24, 2.45) is 0 Å². The number of piperazine rings is 1. The van der Waals surface area contributed by atoms with Crippen LogP contribution in [0.1, 0.15) is 11.3 Å². The van der Waals surface area contributed by atoms with Gasteiger partial charge in [0.05, 0.1) is 5.52 Å². The largest absolute Gasteiger partial charge is 0.304 e. The van der Waals surface area contributed by atoms with Gasteiger partial charge in [0, 0.05) is 49.5 Å². The fourth-order valence-electron chi connectivity index (χ4n) is 3.59. The van der Waals surface area contributed by atoms with Crippen molar-refractivity contribution >= 4 is 26.6 Å². The third-order valence-electron chi connectivity index (χ3n) is 5.32. The molecule has 0 amide bonds. The summed E-state index contributed by atoms with van der Waals surface area (Å²) in [6.07, 6.45) is 0. The van der Waals surface area contributed by atoms with Crippen molar-refractivity contribution in [3.05, 3.63) is 65.9 Å². The number of sulfonamides is 1. The molecule has 1 fully saturated rings. The molecular weight excluding hydrogens is 384 g/mol. The Morgan fingerprint density at radius 2 is 1.69 bits per heavy atom. The van der Waals surface area contributed by atoms with E-state index in [1.165, 1.54) is 5.56 Å². The lowest BCUT2D eigenvalue weighted by atomic mass is 10.2. The van der Waals surface area contributed by atoms with Crippen molar-refractivity contribution in [2.45, 2.75) is 18.4 Å². The molecule has 1 aromatic heterocycles. The summed E-state index contributed by atoms with van der Waals surface area (Å²) in [7, 11) is -1.59. The van der Waals surface area contributed by atoms with Crippen molar-refractivity contribution in [1.82, 2.24) is 14.8 Å². The summed E-state index contributed by atoms with van der Waals surface area (Å²) in [6, 6.07) is 16.6. The van der Waals surface area contributed by atoms with E-state index in [4.69, 9.17) is 0 Å². The summed E-state index contributed by atoms with van der Waals surface area (Å²) < 4.78 is 28.7. The monoisotopic (exact) mass is 410 g/mol. The summed E-state index contributed by atoms with van der Waals surface area (Å²) in [5.74, 6) is 0. The molecular formula is C22H26N4O2S. The molecule has 1 aliphatic rings. The number of nitrogens with one attached hydrogen (secondary N) is 1. The molecule has 0 radical (unpaired) electrons. The second-order valence-electron chi connectivity index (χ2n) is 7.66. The molecule has 2 heterocycles. The number of hydrogen-bond acceptors (Lipinski definition) is 5. The lowest BCUT2D eigenvalue weighted by molar-refractivity contribution is 0.148. The molecule has 29 heavy (non-hydrogen) atoms. The zero-order chi connectivity index (χ0) is 20.4. The summed E-state index contributed by atoms with van der Waals surface area (Å²) in [5.41, 5.74) is 3.01. The molecule has 0 spiro atoms. The van der Waals surface area contributed by atoms with E-state index in [1.54, 1.807) is 12.1 Å². The Balaban J connectivity index is 1.51. The number of aromatic nitrogens is 1. The highest BCUT2D eigenvalue weighted by atomic mass is 32.2. The standard InChI is InChI=1S/C22H26N4O2S/c1-17-6-9-19-4-3-5-21(22(19)23-17)29(27,28)24-20-10-7-18(8-11-20)16-26-14-12-25(2)13-15-26/h3-11,24H,12-16H2,1-2H3. The second-order valence-corrected chi connectivity index (χ2v) is 9.31. The van der Waals surface area contributed by atoms with Gasteiger partial charge in [0.25, 0.3) is 10.0 Å². The van der Waals surface area contributed by atoms with Gasteiger partial charge in [-0.15, -0.1) is 0 Å². The van der Waals surface area contributed by atoms with Crippen LogP contribution in [0.5, 0.6) is 0 Å². The normalized spacial score (nSPS) is 16.2. The van der Waals surface area contributed by atoms with Crippen molar-refractivity contribution in [2.75, 3.05) is 37.9 Å². The number of hydrogen-bond donors (Lipinski definition) is 1. The van der Waals surface area contributed by atoms with Crippen LogP contribution in [0.25, 0.3) is 10.9 Å². The zero-order valence-electron chi connectivity index (χ0n) is 16.8. The third-order valence-corrected chi connectivity index (χ3v) is 6.73. The first-order valence-corrected chi connectivity index (χ1v) is 11.3. The van der Waals surface area contributed by atoms with Gasteiger partial charge < -0.3 is 4.90 Å². The predicted molar refractivity (Wildman–Crippen MR) is 117 cm³/mol. The maximum atomic E-state index is 13.0. The van der Waals surface area contributed by atoms with Gasteiger partial charge in [-0.05, 0) is 43.8 Å². The van der Waals surface area contributed by atoms with E-state index in [1.807, 2.05) is 49.4 Å². The number of anilines is 1. The molecule has 1 saturated heterocycles. The van der Waals surface area contributed by atoms with Crippen LogP contribution in [-0.2, 0) is 16.6 Å². The van der Waals surface area contributed by atoms with E-state index in [2.05, 4.69) is 26.6 Å². The molecule has 0 aliphatic carbocycles. The minimum absolute atomic E-state index is 0.195. The summed E-state index contributed by atoms with van der Waals surface area (Å²) in [5, 5.41) is 0.806. The fourth-order valence-corrected chi connectivity index (χ4v) is 4.82. The molecule has 0 unspecified atom stereocenters. The zero-order valence-corrected chi connectivity index (χ0v) is 17.6. The van der Waals surface area contributed by atoms with Crippen LogP contribution in [-0.4, -0.2) is 56.4 Å². The van der Waals surface area contributed by atoms with Crippen LogP contribution in [0.4, 0.5) is 5.69 Å². The van der Waals surface area contributed by atoms with Gasteiger partial charge in [0.1, 0.15) is 4.90 Å². The number of fused-ring (bicyclic) bond motifs is 1. The Labute approximate surface area is 172 Å². The van der Waals surface area contributed by atoms with Gasteiger partial charge in [-0.3, -0.25) is 14.6 Å². The van der Waals surface area contributed by atoms with Crippen molar-refractivity contribution < 1.29 is 8.42 Å². The first-order chi connectivity index (χ1) is 13.9. The molecule has 7 heteroatoms. The number of likely N-dealkylation sites (N-methyl/N-ethyl adjacent to an activating group) is 1. The average molecular weight is 411 g/mol. The maximum absolute atomic E-state index is 13.0. The number of nitrogens with zero attached hydrogens (tertiary/aromatic N) is 3. The molecule has 1 aliphatic heterocycles. The third kappa shape index (κ3) is 4.58. The summed E-state index contributed by atoms with van der Waals surface area (Å²) >= 11 is 0. The van der Waals surface area contributed by atoms with Gasteiger partial charge in [-0.25, -0.2) is 8.42 Å². The Bertz CT molecular complexity index is 1110. The smallest absolute Gasteiger partial charge is 0.264 e. The second kappa shape index (κ2) is 8.10. The predicted octanol–water partition coefficient (Wildman–Crippen LogP) is 3.09. The van der Waals surface area contributed by atoms with Crippen LogP contribution in [0.3, 0.4) is 0 Å². The maximum Gasteiger partial charge on any atom is 0.264 e. The van der Waals surface area contributed by atoms with E-state index in [9.17, 15) is 8.42 Å². The Hall–Kier alpha value is -2.48. The van der Waals surface area contributed by atoms with E-state index in [-0.39, 0.29) is 4.90 Å². The van der Waals surface area contributed by atoms with Crippen LogP contribution in [0.2, 0.25) is 0 Å². The number of pyridine rings is 1. The average Bonchev–Trinajstić information content (AvgIpc) is 2.70. The molecule has 152 valence electrons. The number of aryl methyl sites for hydroxylation is 1. The van der Waals surface area contributed by atoms with Crippen molar-refractivity contribution in [3.8, 4) is 0 Å². The van der Waals surface area contributed by atoms with Crippen LogP contribution < -0.4 is 4.72 Å². The lowest BCUT2D eigenvalue weighted by Crippen LogP contribution is -2.43. The van der Waals surface area contributed by atoms with E-state index in [0.29, 0.717) is 11.2 Å². The molecule has 0 atom stereocenters. The SMILES string of the molecule is Cc1ccc2cccc(S(=O)(=O)Nc3ccc(CN4CCN(C)CC4)cc3)c2n1. The quantitative estimate of drug-likeness (QED) is 0.700. The highest BCUT2D eigenvalue weighted by molar-refractivity contribution is 7.93. The Kier molecular flexibility index (Phi) is 5.54. The molecule has 2 aromatic carbocycles. The Morgan fingerprint density at radius 1 is 0.966 bits per heavy atom. The van der Waals surface area contributed by atoms with E-state index in [0.717, 1.165) is 43.8 Å². The molecule has 0 bridgehead atoms. The highest BCUT2D eigenvalue weighted by Crippen LogP contribution is 2.24. The van der Waals surface area contributed by atoms with Crippen molar-refractivity contribution in [1.29, 1.82) is 0 Å². The van der Waals surface area contributed by atoms with Gasteiger partial charge in [-0.1, -0.05) is 30.3 Å². The van der Waals surface area contributed by atoms with Crippen LogP contribution in [0, 0.1) is 6.92 Å². The minimum atomic E-state index is -3.73. The number of benzene rings is 2. The Morgan fingerprint density at radius 3 is 2.41 bits per heavy atom. The first-order valence-electron chi connectivity index (χ1n) is 9.80. The highest BCUT2D eigenvalue weighted by Gasteiger charge is 2.19. The topological polar surface area (TPSA) is 65.5 Å². The molecule has 4 rings (SSSR count). The first kappa shape index (κ1) is 19.8. The van der Waals surface area contributed by atoms with Gasteiger partial charge >= 0.3 is 0 Å². The number of para-hydroxylation sites is 1. The fraction of sp³-hybridized carbons (Fsp3) is 0.318. The van der Waals surface area contributed by atoms with Gasteiger partial charge in [0.15, 0.2) is 0 Å². The van der Waals surface area contributed by atoms with Gasteiger partial charge in [-0.2, -0.15) is 0 Å². The van der Waals surface area contributed by atoms with Crippen molar-refractivity contribution in [3.63, 3.8) is 0 Å². The molecule has 3 aromatic rings.